The lowest BCUT2D eigenvalue weighted by Gasteiger charge is -2.28. The number of hydrogen-bond acceptors (Lipinski definition) is 2. The highest BCUT2D eigenvalue weighted by Crippen LogP contribution is 2.38. The summed E-state index contributed by atoms with van der Waals surface area (Å²) in [5, 5.41) is -0.120. The molecule has 1 aliphatic rings. The molecule has 1 saturated carbocycles. The van der Waals surface area contributed by atoms with Crippen LogP contribution in [0.2, 0.25) is 0 Å². The summed E-state index contributed by atoms with van der Waals surface area (Å²) in [5.74, 6) is 1.54. The number of carbonyl (C=O) groups excluding carboxylic acids is 1. The number of thioether (sulfide) groups is 1. The molecule has 0 amide bonds. The van der Waals surface area contributed by atoms with Crippen LogP contribution in [0.15, 0.2) is 53.4 Å². The van der Waals surface area contributed by atoms with Crippen LogP contribution in [-0.4, -0.2) is 5.12 Å². The standard InChI is InChI=1S/C24H28F2OS/c1-2-3-4-17-5-7-18(8-6-17)19-13-15-22(16-14-19)28-24(27)21-11-9-20(10-12-21)23(25)26/h9-18,23H,2-8H2,1H3/t17-,18-. The van der Waals surface area contributed by atoms with E-state index in [0.717, 1.165) is 22.6 Å². The molecule has 0 unspecified atom stereocenters. The lowest BCUT2D eigenvalue weighted by Crippen LogP contribution is -2.13. The van der Waals surface area contributed by atoms with Gasteiger partial charge in [-0.25, -0.2) is 8.78 Å². The van der Waals surface area contributed by atoms with Gasteiger partial charge in [0.2, 0.25) is 5.12 Å². The third-order valence-electron chi connectivity index (χ3n) is 5.77. The molecule has 0 aliphatic heterocycles. The molecule has 1 fully saturated rings. The smallest absolute Gasteiger partial charge is 0.263 e. The molecule has 1 nitrogen and oxygen atoms in total. The van der Waals surface area contributed by atoms with Crippen molar-refractivity contribution in [2.24, 2.45) is 5.92 Å². The van der Waals surface area contributed by atoms with Crippen LogP contribution < -0.4 is 0 Å². The topological polar surface area (TPSA) is 17.1 Å². The fraction of sp³-hybridized carbons (Fsp3) is 0.458. The van der Waals surface area contributed by atoms with E-state index in [1.807, 2.05) is 12.1 Å². The van der Waals surface area contributed by atoms with Crippen LogP contribution in [0, 0.1) is 5.92 Å². The number of carbonyl (C=O) groups is 1. The molecule has 1 aliphatic carbocycles. The first-order valence-corrected chi connectivity index (χ1v) is 11.1. The number of benzene rings is 2. The van der Waals surface area contributed by atoms with Crippen LogP contribution >= 0.6 is 11.8 Å². The molecule has 0 aromatic heterocycles. The van der Waals surface area contributed by atoms with Crippen LogP contribution in [-0.2, 0) is 0 Å². The predicted octanol–water partition coefficient (Wildman–Crippen LogP) is 8.02. The summed E-state index contributed by atoms with van der Waals surface area (Å²) in [6, 6.07) is 13.9. The van der Waals surface area contributed by atoms with Gasteiger partial charge >= 0.3 is 0 Å². The Bertz CT molecular complexity index is 747. The van der Waals surface area contributed by atoms with Gasteiger partial charge in [0.15, 0.2) is 0 Å². The van der Waals surface area contributed by atoms with Crippen molar-refractivity contribution >= 4 is 16.9 Å². The molecular formula is C24H28F2OS. The van der Waals surface area contributed by atoms with Crippen molar-refractivity contribution in [3.8, 4) is 0 Å². The SMILES string of the molecule is CCCC[C@H]1CC[C@H](c2ccc(SC(=O)c3ccc(C(F)F)cc3)cc2)CC1. The summed E-state index contributed by atoms with van der Waals surface area (Å²) >= 11 is 1.15. The summed E-state index contributed by atoms with van der Waals surface area (Å²) in [7, 11) is 0. The maximum atomic E-state index is 12.6. The zero-order valence-corrected chi connectivity index (χ0v) is 17.2. The Balaban J connectivity index is 1.54. The lowest BCUT2D eigenvalue weighted by atomic mass is 9.77. The minimum Gasteiger partial charge on any atom is -0.281 e. The third-order valence-corrected chi connectivity index (χ3v) is 6.70. The highest BCUT2D eigenvalue weighted by Gasteiger charge is 2.22. The van der Waals surface area contributed by atoms with Crippen LogP contribution in [0.4, 0.5) is 8.78 Å². The molecule has 2 aromatic carbocycles. The molecule has 4 heteroatoms. The fourth-order valence-corrected chi connectivity index (χ4v) is 4.76. The molecule has 0 bridgehead atoms. The number of halogens is 2. The Morgan fingerprint density at radius 2 is 1.64 bits per heavy atom. The maximum Gasteiger partial charge on any atom is 0.263 e. The van der Waals surface area contributed by atoms with Crippen molar-refractivity contribution in [1.82, 2.24) is 0 Å². The second-order valence-electron chi connectivity index (χ2n) is 7.74. The Hall–Kier alpha value is -1.68. The highest BCUT2D eigenvalue weighted by molar-refractivity contribution is 8.14. The Kier molecular flexibility index (Phi) is 7.66. The summed E-state index contributed by atoms with van der Waals surface area (Å²) in [4.78, 5) is 13.3. The second kappa shape index (κ2) is 10.2. The number of unbranched alkanes of at least 4 members (excludes halogenated alkanes) is 1. The van der Waals surface area contributed by atoms with E-state index in [4.69, 9.17) is 0 Å². The Morgan fingerprint density at radius 3 is 2.21 bits per heavy atom. The van der Waals surface area contributed by atoms with E-state index in [-0.39, 0.29) is 10.7 Å². The van der Waals surface area contributed by atoms with Gasteiger partial charge in [0, 0.05) is 16.0 Å². The van der Waals surface area contributed by atoms with E-state index >= 15 is 0 Å². The molecule has 0 heterocycles. The highest BCUT2D eigenvalue weighted by atomic mass is 32.2. The molecule has 0 atom stereocenters. The first-order chi connectivity index (χ1) is 13.6. The molecule has 2 aromatic rings. The summed E-state index contributed by atoms with van der Waals surface area (Å²) in [6.45, 7) is 2.26. The average molecular weight is 403 g/mol. The van der Waals surface area contributed by atoms with E-state index in [1.54, 1.807) is 0 Å². The van der Waals surface area contributed by atoms with E-state index < -0.39 is 6.43 Å². The second-order valence-corrected chi connectivity index (χ2v) is 8.79. The maximum absolute atomic E-state index is 12.6. The van der Waals surface area contributed by atoms with E-state index in [0.29, 0.717) is 11.5 Å². The van der Waals surface area contributed by atoms with Crippen molar-refractivity contribution in [3.63, 3.8) is 0 Å². The van der Waals surface area contributed by atoms with Gasteiger partial charge in [-0.3, -0.25) is 4.79 Å². The van der Waals surface area contributed by atoms with Gasteiger partial charge in [0.05, 0.1) is 0 Å². The third kappa shape index (κ3) is 5.66. The van der Waals surface area contributed by atoms with Crippen LogP contribution in [0.1, 0.15) is 85.7 Å². The van der Waals surface area contributed by atoms with Gasteiger partial charge < -0.3 is 0 Å². The number of hydrogen-bond donors (Lipinski definition) is 0. The summed E-state index contributed by atoms with van der Waals surface area (Å²) in [5.41, 5.74) is 1.76. The monoisotopic (exact) mass is 402 g/mol. The van der Waals surface area contributed by atoms with Crippen molar-refractivity contribution in [3.05, 3.63) is 65.2 Å². The zero-order chi connectivity index (χ0) is 19.9. The largest absolute Gasteiger partial charge is 0.281 e. The molecule has 3 rings (SSSR count). The molecule has 0 N–H and O–H groups in total. The van der Waals surface area contributed by atoms with Crippen LogP contribution in [0.25, 0.3) is 0 Å². The van der Waals surface area contributed by atoms with Gasteiger partial charge in [-0.15, -0.1) is 0 Å². The molecule has 0 spiro atoms. The van der Waals surface area contributed by atoms with Gasteiger partial charge in [-0.1, -0.05) is 62.6 Å². The van der Waals surface area contributed by atoms with E-state index in [9.17, 15) is 13.6 Å². The molecule has 0 saturated heterocycles. The fourth-order valence-electron chi connectivity index (χ4n) is 4.02. The number of alkyl halides is 2. The van der Waals surface area contributed by atoms with E-state index in [1.165, 1.54) is 74.8 Å². The average Bonchev–Trinajstić information content (AvgIpc) is 2.73. The Morgan fingerprint density at radius 1 is 1.00 bits per heavy atom. The van der Waals surface area contributed by atoms with Gasteiger partial charge in [0.1, 0.15) is 0 Å². The Labute approximate surface area is 170 Å². The first kappa shape index (κ1) is 21.0. The minimum atomic E-state index is -2.51. The number of rotatable bonds is 7. The summed E-state index contributed by atoms with van der Waals surface area (Å²) in [6.07, 6.45) is 6.67. The van der Waals surface area contributed by atoms with Gasteiger partial charge in [0.25, 0.3) is 6.43 Å². The van der Waals surface area contributed by atoms with Crippen molar-refractivity contribution in [2.45, 2.75) is 69.1 Å². The van der Waals surface area contributed by atoms with Gasteiger partial charge in [-0.05, 0) is 67.0 Å². The molecular weight excluding hydrogens is 374 g/mol. The quantitative estimate of drug-likeness (QED) is 0.436. The lowest BCUT2D eigenvalue weighted by molar-refractivity contribution is 0.108. The van der Waals surface area contributed by atoms with Crippen LogP contribution in [0.5, 0.6) is 0 Å². The molecule has 28 heavy (non-hydrogen) atoms. The predicted molar refractivity (Wildman–Crippen MR) is 112 cm³/mol. The molecule has 0 radical (unpaired) electrons. The minimum absolute atomic E-state index is 0.0599. The van der Waals surface area contributed by atoms with E-state index in [2.05, 4.69) is 19.1 Å². The first-order valence-electron chi connectivity index (χ1n) is 10.3. The zero-order valence-electron chi connectivity index (χ0n) is 16.4. The van der Waals surface area contributed by atoms with Crippen molar-refractivity contribution < 1.29 is 13.6 Å². The van der Waals surface area contributed by atoms with Crippen molar-refractivity contribution in [1.29, 1.82) is 0 Å². The normalized spacial score (nSPS) is 19.7. The van der Waals surface area contributed by atoms with Crippen LogP contribution in [0.3, 0.4) is 0 Å². The molecule has 150 valence electrons. The van der Waals surface area contributed by atoms with Crippen molar-refractivity contribution in [2.75, 3.05) is 0 Å². The summed E-state index contributed by atoms with van der Waals surface area (Å²) < 4.78 is 25.2. The van der Waals surface area contributed by atoms with Gasteiger partial charge in [-0.2, -0.15) is 0 Å².